The van der Waals surface area contributed by atoms with Gasteiger partial charge in [-0.05, 0) is 35.5 Å². The fourth-order valence-electron chi connectivity index (χ4n) is 5.52. The number of esters is 1. The second-order valence-electron chi connectivity index (χ2n) is 10.6. The Bertz CT molecular complexity index is 737. The van der Waals surface area contributed by atoms with Crippen LogP contribution in [0.4, 0.5) is 0 Å². The molecule has 1 rings (SSSR count). The van der Waals surface area contributed by atoms with E-state index < -0.39 is 20.0 Å². The monoisotopic (exact) mass is 481 g/mol. The van der Waals surface area contributed by atoms with Gasteiger partial charge >= 0.3 is 12.2 Å². The van der Waals surface area contributed by atoms with Crippen LogP contribution in [-0.2, 0) is 18.7 Å². The fraction of sp³-hybridized carbons (Fsp3) is 0.800. The predicted molar refractivity (Wildman–Crippen MR) is 134 cm³/mol. The topological polar surface area (TPSA) is 93.1 Å². The summed E-state index contributed by atoms with van der Waals surface area (Å²) in [6, 6.07) is 0. The van der Waals surface area contributed by atoms with Crippen molar-refractivity contribution in [2.24, 2.45) is 5.92 Å². The minimum atomic E-state index is -1.99. The van der Waals surface area contributed by atoms with E-state index in [2.05, 4.69) is 60.0 Å². The predicted octanol–water partition coefficient (Wildman–Crippen LogP) is 6.88. The van der Waals surface area contributed by atoms with E-state index in [9.17, 15) is 9.90 Å². The Morgan fingerprint density at radius 1 is 1.24 bits per heavy atom. The molecule has 0 aliphatic carbocycles. The van der Waals surface area contributed by atoms with Crippen LogP contribution in [0.3, 0.4) is 0 Å². The van der Waals surface area contributed by atoms with E-state index in [0.717, 1.165) is 11.8 Å². The molecule has 1 aliphatic heterocycles. The first kappa shape index (κ1) is 29.3. The number of carbonyl (C=O) groups excluding carboxylic acids is 1. The van der Waals surface area contributed by atoms with E-state index in [-0.39, 0.29) is 30.2 Å². The zero-order valence-corrected chi connectivity index (χ0v) is 23.1. The quantitative estimate of drug-likeness (QED) is 0.107. The van der Waals surface area contributed by atoms with Crippen LogP contribution >= 0.6 is 0 Å². The van der Waals surface area contributed by atoms with Crippen molar-refractivity contribution in [1.29, 1.82) is 5.39 Å². The molecule has 1 fully saturated rings. The highest BCUT2D eigenvalue weighted by Crippen LogP contribution is 2.44. The number of hydrogen-bond acceptors (Lipinski definition) is 6. The Labute approximate surface area is 201 Å². The lowest BCUT2D eigenvalue weighted by molar-refractivity contribution is -0.161. The molecule has 1 aliphatic rings. The molecule has 33 heavy (non-hydrogen) atoms. The molecule has 188 valence electrons. The third kappa shape index (κ3) is 7.14. The number of ether oxygens (including phenoxy) is 2. The molecule has 0 aromatic rings. The van der Waals surface area contributed by atoms with Crippen LogP contribution in [0.1, 0.15) is 81.6 Å². The summed E-state index contributed by atoms with van der Waals surface area (Å²) in [6.45, 7) is 23.9. The Balaban J connectivity index is 2.96. The van der Waals surface area contributed by atoms with Crippen molar-refractivity contribution in [2.75, 3.05) is 6.61 Å². The Kier molecular flexibility index (Phi) is 10.8. The first-order valence-electron chi connectivity index (χ1n) is 12.1. The highest BCUT2D eigenvalue weighted by atomic mass is 28.4. The third-order valence-corrected chi connectivity index (χ3v) is 13.3. The van der Waals surface area contributed by atoms with Gasteiger partial charge in [0.25, 0.3) is 0 Å². The molecule has 0 aromatic carbocycles. The van der Waals surface area contributed by atoms with Gasteiger partial charge in [-0.1, -0.05) is 55.0 Å². The van der Waals surface area contributed by atoms with Crippen molar-refractivity contribution >= 4 is 14.3 Å². The van der Waals surface area contributed by atoms with Crippen LogP contribution < -0.4 is 0 Å². The molecule has 1 N–H and O–H groups in total. The van der Waals surface area contributed by atoms with Gasteiger partial charge in [0.1, 0.15) is 5.60 Å². The molecule has 0 spiro atoms. The largest absolute Gasteiger partial charge is 0.505 e. The SMILES string of the molecule is C=C([C@H](C)CO[Si](C(C)C)(C(C)C)C(C)C)[C@H]1C[C@@](C)(OC(C)=O)[C@@H](CC/C(O)=C/[N+]#N)O1. The number of hydrogen-bond donors (Lipinski definition) is 1. The van der Waals surface area contributed by atoms with Gasteiger partial charge in [0.05, 0.1) is 12.2 Å². The van der Waals surface area contributed by atoms with E-state index in [1.807, 2.05) is 6.92 Å². The van der Waals surface area contributed by atoms with Gasteiger partial charge in [-0.2, -0.15) is 0 Å². The van der Waals surface area contributed by atoms with E-state index in [1.165, 1.54) is 6.92 Å². The summed E-state index contributed by atoms with van der Waals surface area (Å²) in [5, 5.41) is 18.4. The van der Waals surface area contributed by atoms with E-state index in [1.54, 1.807) is 0 Å². The standard InChI is InChI=1S/C25H44N2O5Si/c1-16(2)33(17(3)4,18(5)6)30-15-19(7)20(8)23-13-25(10,32-21(9)28)24(31-23)12-11-22(29)14-27-26/h14,16-19,23-24H,8,11-13,15H2,1-7,9-10H3/p+1/b22-14-/t19-,23-,24-,25-/m1/s1. The molecular formula is C25H45N2O5Si+. The van der Waals surface area contributed by atoms with E-state index in [4.69, 9.17) is 19.3 Å². The highest BCUT2D eigenvalue weighted by Gasteiger charge is 2.49. The summed E-state index contributed by atoms with van der Waals surface area (Å²) in [4.78, 5) is 14.6. The van der Waals surface area contributed by atoms with Gasteiger partial charge in [-0.25, -0.2) is 0 Å². The second kappa shape index (κ2) is 12.1. The van der Waals surface area contributed by atoms with Crippen molar-refractivity contribution in [3.63, 3.8) is 0 Å². The van der Waals surface area contributed by atoms with Crippen molar-refractivity contribution in [1.82, 2.24) is 0 Å². The van der Waals surface area contributed by atoms with Crippen LogP contribution in [0, 0.1) is 11.3 Å². The molecule has 7 nitrogen and oxygen atoms in total. The summed E-state index contributed by atoms with van der Waals surface area (Å²) in [5.74, 6) is -0.354. The van der Waals surface area contributed by atoms with E-state index in [0.29, 0.717) is 36.1 Å². The molecule has 1 heterocycles. The maximum absolute atomic E-state index is 11.8. The maximum Gasteiger partial charge on any atom is 0.387 e. The smallest absolute Gasteiger partial charge is 0.387 e. The van der Waals surface area contributed by atoms with Crippen molar-refractivity contribution in [2.45, 2.75) is 116 Å². The van der Waals surface area contributed by atoms with Gasteiger partial charge in [0.15, 0.2) is 19.1 Å². The molecule has 4 atom stereocenters. The average Bonchev–Trinajstić information content (AvgIpc) is 3.00. The normalized spacial score (nSPS) is 24.9. The molecule has 0 saturated carbocycles. The average molecular weight is 482 g/mol. The number of allylic oxidation sites excluding steroid dienone is 1. The Morgan fingerprint density at radius 2 is 1.79 bits per heavy atom. The number of nitrogens with zero attached hydrogens (tertiary/aromatic N) is 2. The van der Waals surface area contributed by atoms with Gasteiger partial charge in [0, 0.05) is 32.3 Å². The summed E-state index contributed by atoms with van der Waals surface area (Å²) in [6.07, 6.45) is 1.45. The van der Waals surface area contributed by atoms with Gasteiger partial charge in [0.2, 0.25) is 5.39 Å². The van der Waals surface area contributed by atoms with Gasteiger partial charge < -0.3 is 19.0 Å². The molecule has 0 radical (unpaired) electrons. The van der Waals surface area contributed by atoms with Crippen LogP contribution in [0.15, 0.2) is 24.1 Å². The summed E-state index contributed by atoms with van der Waals surface area (Å²) >= 11 is 0. The van der Waals surface area contributed by atoms with Gasteiger partial charge in [-0.3, -0.25) is 4.79 Å². The van der Waals surface area contributed by atoms with Crippen LogP contribution in [0.25, 0.3) is 4.98 Å². The first-order chi connectivity index (χ1) is 15.2. The molecular weight excluding hydrogens is 436 g/mol. The van der Waals surface area contributed by atoms with Gasteiger partial charge in [-0.15, -0.1) is 0 Å². The van der Waals surface area contributed by atoms with Crippen LogP contribution in [0.5, 0.6) is 0 Å². The third-order valence-electron chi connectivity index (χ3n) is 7.18. The number of aliphatic hydroxyl groups excluding tert-OH is 1. The molecule has 0 bridgehead atoms. The molecule has 0 amide bonds. The van der Waals surface area contributed by atoms with Crippen LogP contribution in [0.2, 0.25) is 16.6 Å². The number of aliphatic hydroxyl groups is 1. The molecule has 8 heteroatoms. The second-order valence-corrected chi connectivity index (χ2v) is 16.1. The zero-order chi connectivity index (χ0) is 25.6. The molecule has 0 unspecified atom stereocenters. The lowest BCUT2D eigenvalue weighted by Gasteiger charge is -2.43. The Morgan fingerprint density at radius 3 is 2.24 bits per heavy atom. The minimum absolute atomic E-state index is 0.0623. The summed E-state index contributed by atoms with van der Waals surface area (Å²) < 4.78 is 18.7. The minimum Gasteiger partial charge on any atom is -0.505 e. The van der Waals surface area contributed by atoms with Crippen molar-refractivity contribution < 1.29 is 23.8 Å². The number of diazo groups is 1. The molecule has 0 aromatic heterocycles. The first-order valence-corrected chi connectivity index (χ1v) is 14.2. The fourth-order valence-corrected chi connectivity index (χ4v) is 11.1. The summed E-state index contributed by atoms with van der Waals surface area (Å²) in [5.41, 5.74) is 1.61. The van der Waals surface area contributed by atoms with Crippen LogP contribution in [-0.4, -0.2) is 43.8 Å². The lowest BCUT2D eigenvalue weighted by Crippen LogP contribution is -2.48. The number of rotatable bonds is 12. The Hall–Kier alpha value is -1.69. The van der Waals surface area contributed by atoms with E-state index >= 15 is 0 Å². The maximum atomic E-state index is 11.8. The van der Waals surface area contributed by atoms with Crippen molar-refractivity contribution in [3.05, 3.63) is 29.1 Å². The lowest BCUT2D eigenvalue weighted by atomic mass is 9.88. The van der Waals surface area contributed by atoms with Crippen molar-refractivity contribution in [3.8, 4) is 0 Å². The number of carbonyl (C=O) groups is 1. The molecule has 1 saturated heterocycles. The summed E-state index contributed by atoms with van der Waals surface area (Å²) in [7, 11) is -1.99. The zero-order valence-electron chi connectivity index (χ0n) is 22.1. The highest BCUT2D eigenvalue weighted by molar-refractivity contribution is 6.77.